The second-order valence-electron chi connectivity index (χ2n) is 6.98. The van der Waals surface area contributed by atoms with E-state index in [9.17, 15) is 13.2 Å². The van der Waals surface area contributed by atoms with Gasteiger partial charge < -0.3 is 10.1 Å². The lowest BCUT2D eigenvalue weighted by molar-refractivity contribution is 0.0948. The topological polar surface area (TPSA) is 97.4 Å². The third-order valence-corrected chi connectivity index (χ3v) is 7.02. The molecule has 1 heterocycles. The molecule has 9 heteroatoms. The fourth-order valence-electron chi connectivity index (χ4n) is 2.88. The molecule has 32 heavy (non-hydrogen) atoms. The molecule has 0 radical (unpaired) electrons. The van der Waals surface area contributed by atoms with Gasteiger partial charge in [-0.25, -0.2) is 13.4 Å². The Bertz CT molecular complexity index is 1150. The Morgan fingerprint density at radius 2 is 1.81 bits per heavy atom. The number of amides is 1. The van der Waals surface area contributed by atoms with Crippen LogP contribution >= 0.6 is 11.8 Å². The molecule has 0 aliphatic rings. The number of benzene rings is 2. The zero-order valence-electron chi connectivity index (χ0n) is 17.9. The van der Waals surface area contributed by atoms with Crippen LogP contribution in [0.25, 0.3) is 0 Å². The molecular weight excluding hydrogens is 446 g/mol. The maximum atomic E-state index is 12.6. The molecule has 7 nitrogen and oxygen atoms in total. The van der Waals surface area contributed by atoms with Crippen LogP contribution in [0.2, 0.25) is 0 Å². The number of methoxy groups -OCH3 is 1. The largest absolute Gasteiger partial charge is 0.385 e. The van der Waals surface area contributed by atoms with Crippen molar-refractivity contribution in [3.63, 3.8) is 0 Å². The summed E-state index contributed by atoms with van der Waals surface area (Å²) in [5.74, 6) is -0.171. The minimum Gasteiger partial charge on any atom is -0.385 e. The quantitative estimate of drug-likeness (QED) is 0.432. The van der Waals surface area contributed by atoms with E-state index in [1.54, 1.807) is 68.8 Å². The summed E-state index contributed by atoms with van der Waals surface area (Å²) in [6.45, 7) is 2.90. The van der Waals surface area contributed by atoms with Crippen molar-refractivity contribution >= 4 is 33.4 Å². The number of ether oxygens (including phenoxy) is 1. The summed E-state index contributed by atoms with van der Waals surface area (Å²) in [5, 5.41) is 3.55. The molecule has 0 atom stereocenters. The molecular formula is C23H25N3O4S2. The van der Waals surface area contributed by atoms with E-state index in [1.165, 1.54) is 11.8 Å². The monoisotopic (exact) mass is 471 g/mol. The van der Waals surface area contributed by atoms with E-state index in [0.717, 1.165) is 16.3 Å². The van der Waals surface area contributed by atoms with Crippen LogP contribution in [0, 0.1) is 6.92 Å². The first-order chi connectivity index (χ1) is 15.4. The Hall–Kier alpha value is -2.88. The molecule has 0 spiro atoms. The third-order valence-electron chi connectivity index (χ3n) is 4.52. The summed E-state index contributed by atoms with van der Waals surface area (Å²) in [6.07, 6.45) is 2.29. The standard InChI is InChI=1S/C23H25N3O4S2/c1-17-6-3-4-7-21(17)32(28,29)26-19-9-11-20(12-10-19)31-22-13-8-18(16-25-22)23(27)24-14-5-15-30-2/h3-4,6-13,16,26H,5,14-15H2,1-2H3,(H,24,27). The van der Waals surface area contributed by atoms with Crippen molar-refractivity contribution in [2.45, 2.75) is 28.2 Å². The SMILES string of the molecule is COCCCNC(=O)c1ccc(Sc2ccc(NS(=O)(=O)c3ccccc3C)cc2)nc1. The molecule has 0 saturated heterocycles. The second-order valence-corrected chi connectivity index (χ2v) is 9.73. The first kappa shape index (κ1) is 23.8. The van der Waals surface area contributed by atoms with Gasteiger partial charge in [0.2, 0.25) is 0 Å². The average Bonchev–Trinajstić information content (AvgIpc) is 2.78. The molecule has 1 amide bonds. The normalized spacial score (nSPS) is 11.2. The van der Waals surface area contributed by atoms with Crippen LogP contribution in [0.1, 0.15) is 22.3 Å². The number of anilines is 1. The van der Waals surface area contributed by atoms with E-state index >= 15 is 0 Å². The van der Waals surface area contributed by atoms with Gasteiger partial charge in [0.25, 0.3) is 15.9 Å². The van der Waals surface area contributed by atoms with Crippen LogP contribution in [-0.2, 0) is 14.8 Å². The Kier molecular flexibility index (Phi) is 8.26. The molecule has 1 aromatic heterocycles. The lowest BCUT2D eigenvalue weighted by atomic mass is 10.2. The zero-order chi connectivity index (χ0) is 23.0. The lowest BCUT2D eigenvalue weighted by Crippen LogP contribution is -2.25. The summed E-state index contributed by atoms with van der Waals surface area (Å²) < 4.78 is 32.8. The van der Waals surface area contributed by atoms with Crippen LogP contribution in [0.3, 0.4) is 0 Å². The number of hydrogen-bond donors (Lipinski definition) is 2. The Morgan fingerprint density at radius 1 is 1.06 bits per heavy atom. The van der Waals surface area contributed by atoms with Crippen LogP contribution < -0.4 is 10.0 Å². The molecule has 0 bridgehead atoms. The van der Waals surface area contributed by atoms with Crippen molar-refractivity contribution < 1.29 is 17.9 Å². The van der Waals surface area contributed by atoms with Crippen molar-refractivity contribution in [1.29, 1.82) is 0 Å². The number of rotatable bonds is 10. The number of carbonyl (C=O) groups excluding carboxylic acids is 1. The van der Waals surface area contributed by atoms with Gasteiger partial charge in [0, 0.05) is 37.0 Å². The van der Waals surface area contributed by atoms with Gasteiger partial charge in [0.05, 0.1) is 10.5 Å². The van der Waals surface area contributed by atoms with E-state index in [0.29, 0.717) is 30.0 Å². The third kappa shape index (κ3) is 6.56. The maximum Gasteiger partial charge on any atom is 0.262 e. The van der Waals surface area contributed by atoms with Gasteiger partial charge in [0.1, 0.15) is 5.03 Å². The highest BCUT2D eigenvalue weighted by atomic mass is 32.2. The predicted molar refractivity (Wildman–Crippen MR) is 126 cm³/mol. The highest BCUT2D eigenvalue weighted by molar-refractivity contribution is 7.99. The number of carbonyl (C=O) groups is 1. The maximum absolute atomic E-state index is 12.6. The average molecular weight is 472 g/mol. The van der Waals surface area contributed by atoms with Crippen LogP contribution in [0.5, 0.6) is 0 Å². The minimum atomic E-state index is -3.65. The van der Waals surface area contributed by atoms with E-state index < -0.39 is 10.0 Å². The van der Waals surface area contributed by atoms with Gasteiger partial charge >= 0.3 is 0 Å². The minimum absolute atomic E-state index is 0.171. The first-order valence-electron chi connectivity index (χ1n) is 9.98. The molecule has 0 aliphatic carbocycles. The van der Waals surface area contributed by atoms with E-state index in [1.807, 2.05) is 12.1 Å². The molecule has 3 aromatic rings. The number of nitrogens with one attached hydrogen (secondary N) is 2. The molecule has 3 rings (SSSR count). The molecule has 0 fully saturated rings. The zero-order valence-corrected chi connectivity index (χ0v) is 19.5. The Balaban J connectivity index is 1.59. The van der Waals surface area contributed by atoms with Gasteiger partial charge in [-0.05, 0) is 61.4 Å². The second kappa shape index (κ2) is 11.1. The fraction of sp³-hybridized carbons (Fsp3) is 0.217. The van der Waals surface area contributed by atoms with Crippen molar-refractivity contribution in [3.8, 4) is 0 Å². The van der Waals surface area contributed by atoms with E-state index in [4.69, 9.17) is 4.74 Å². The van der Waals surface area contributed by atoms with Crippen LogP contribution in [0.15, 0.2) is 81.7 Å². The summed E-state index contributed by atoms with van der Waals surface area (Å²) in [6, 6.07) is 17.4. The van der Waals surface area contributed by atoms with E-state index in [2.05, 4.69) is 15.0 Å². The summed E-state index contributed by atoms with van der Waals surface area (Å²) in [5.41, 5.74) is 1.66. The number of sulfonamides is 1. The van der Waals surface area contributed by atoms with Crippen LogP contribution in [-0.4, -0.2) is 39.6 Å². The molecule has 2 N–H and O–H groups in total. The number of hydrogen-bond acceptors (Lipinski definition) is 6. The van der Waals surface area contributed by atoms with Crippen LogP contribution in [0.4, 0.5) is 5.69 Å². The number of aromatic nitrogens is 1. The summed E-state index contributed by atoms with van der Waals surface area (Å²) in [4.78, 5) is 17.6. The van der Waals surface area contributed by atoms with Crippen molar-refractivity contribution in [1.82, 2.24) is 10.3 Å². The van der Waals surface area contributed by atoms with Gasteiger partial charge in [0.15, 0.2) is 0 Å². The Morgan fingerprint density at radius 3 is 2.47 bits per heavy atom. The smallest absolute Gasteiger partial charge is 0.262 e. The Labute approximate surface area is 192 Å². The van der Waals surface area contributed by atoms with Gasteiger partial charge in [-0.2, -0.15) is 0 Å². The van der Waals surface area contributed by atoms with Gasteiger partial charge in [-0.1, -0.05) is 30.0 Å². The van der Waals surface area contributed by atoms with Crippen molar-refractivity contribution in [2.24, 2.45) is 0 Å². The fourth-order valence-corrected chi connectivity index (χ4v) is 4.94. The van der Waals surface area contributed by atoms with E-state index in [-0.39, 0.29) is 10.8 Å². The molecule has 0 aliphatic heterocycles. The van der Waals surface area contributed by atoms with Crippen molar-refractivity contribution in [2.75, 3.05) is 25.0 Å². The predicted octanol–water partition coefficient (Wildman–Crippen LogP) is 4.11. The summed E-state index contributed by atoms with van der Waals surface area (Å²) in [7, 11) is -2.03. The van der Waals surface area contributed by atoms with Crippen molar-refractivity contribution in [3.05, 3.63) is 78.0 Å². The molecule has 168 valence electrons. The van der Waals surface area contributed by atoms with Gasteiger partial charge in [-0.3, -0.25) is 9.52 Å². The number of aryl methyl sites for hydroxylation is 1. The summed E-state index contributed by atoms with van der Waals surface area (Å²) >= 11 is 1.42. The highest BCUT2D eigenvalue weighted by Gasteiger charge is 2.16. The number of pyridine rings is 1. The molecule has 0 saturated carbocycles. The first-order valence-corrected chi connectivity index (χ1v) is 12.3. The highest BCUT2D eigenvalue weighted by Crippen LogP contribution is 2.28. The molecule has 0 unspecified atom stereocenters. The van der Waals surface area contributed by atoms with Gasteiger partial charge in [-0.15, -0.1) is 0 Å². The lowest BCUT2D eigenvalue weighted by Gasteiger charge is -2.10. The number of nitrogens with zero attached hydrogens (tertiary/aromatic N) is 1. The molecule has 2 aromatic carbocycles.